The van der Waals surface area contributed by atoms with E-state index < -0.39 is 0 Å². The summed E-state index contributed by atoms with van der Waals surface area (Å²) in [6, 6.07) is 11.7. The number of carbonyl (C=O) groups is 1. The predicted molar refractivity (Wildman–Crippen MR) is 106 cm³/mol. The molecule has 0 saturated carbocycles. The van der Waals surface area contributed by atoms with E-state index in [0.717, 1.165) is 28.8 Å². The minimum Gasteiger partial charge on any atom is -0.340 e. The highest BCUT2D eigenvalue weighted by molar-refractivity contribution is 5.92. The zero-order valence-electron chi connectivity index (χ0n) is 15.8. The van der Waals surface area contributed by atoms with Gasteiger partial charge in [-0.1, -0.05) is 6.07 Å². The predicted octanol–water partition coefficient (Wildman–Crippen LogP) is 3.55. The number of aryl methyl sites for hydroxylation is 2. The lowest BCUT2D eigenvalue weighted by atomic mass is 10.1. The number of likely N-dealkylation sites (N-methyl/N-ethyl adjacent to an activating group) is 1. The number of pyridine rings is 1. The van der Waals surface area contributed by atoms with E-state index in [2.05, 4.69) is 26.3 Å². The molecule has 2 heterocycles. The van der Waals surface area contributed by atoms with Gasteiger partial charge in [0.2, 0.25) is 5.95 Å². The SMILES string of the molecule is Cc1cc(C)cc(Nc2nccc(C(=O)N(C)CCc3ccncc3)n2)c1. The fourth-order valence-corrected chi connectivity index (χ4v) is 2.86. The minimum absolute atomic E-state index is 0.130. The van der Waals surface area contributed by atoms with Crippen molar-refractivity contribution in [1.82, 2.24) is 19.9 Å². The molecule has 0 atom stereocenters. The zero-order chi connectivity index (χ0) is 19.2. The van der Waals surface area contributed by atoms with Crippen molar-refractivity contribution in [1.29, 1.82) is 0 Å². The molecule has 0 spiro atoms. The molecule has 0 radical (unpaired) electrons. The molecule has 6 nitrogen and oxygen atoms in total. The molecule has 3 aromatic rings. The van der Waals surface area contributed by atoms with Crippen molar-refractivity contribution in [2.45, 2.75) is 20.3 Å². The first kappa shape index (κ1) is 18.5. The van der Waals surface area contributed by atoms with Crippen molar-refractivity contribution in [2.24, 2.45) is 0 Å². The molecule has 0 fully saturated rings. The summed E-state index contributed by atoms with van der Waals surface area (Å²) in [7, 11) is 1.78. The second kappa shape index (κ2) is 8.40. The third-order valence-corrected chi connectivity index (χ3v) is 4.18. The molecule has 27 heavy (non-hydrogen) atoms. The Morgan fingerprint density at radius 2 is 1.74 bits per heavy atom. The third-order valence-electron chi connectivity index (χ3n) is 4.18. The van der Waals surface area contributed by atoms with Crippen LogP contribution in [-0.2, 0) is 6.42 Å². The van der Waals surface area contributed by atoms with Crippen LogP contribution in [0.2, 0.25) is 0 Å². The first-order valence-electron chi connectivity index (χ1n) is 8.84. The topological polar surface area (TPSA) is 71.0 Å². The highest BCUT2D eigenvalue weighted by Gasteiger charge is 2.14. The summed E-state index contributed by atoms with van der Waals surface area (Å²) in [5, 5.41) is 3.18. The summed E-state index contributed by atoms with van der Waals surface area (Å²) in [6.07, 6.45) is 5.88. The molecule has 0 saturated heterocycles. The molecule has 0 aliphatic carbocycles. The van der Waals surface area contributed by atoms with Crippen LogP contribution in [0.5, 0.6) is 0 Å². The molecule has 1 amide bonds. The Labute approximate surface area is 159 Å². The number of amides is 1. The van der Waals surface area contributed by atoms with Gasteiger partial charge in [0, 0.05) is 37.9 Å². The Morgan fingerprint density at radius 3 is 2.44 bits per heavy atom. The van der Waals surface area contributed by atoms with Crippen molar-refractivity contribution >= 4 is 17.5 Å². The smallest absolute Gasteiger partial charge is 0.272 e. The monoisotopic (exact) mass is 361 g/mol. The standard InChI is InChI=1S/C21H23N5O/c1-15-12-16(2)14-18(13-15)24-21-23-10-6-19(25-21)20(27)26(3)11-7-17-4-8-22-9-5-17/h4-6,8-10,12-14H,7,11H2,1-3H3,(H,23,24,25). The first-order chi connectivity index (χ1) is 13.0. The number of benzene rings is 1. The average molecular weight is 361 g/mol. The molecular weight excluding hydrogens is 338 g/mol. The van der Waals surface area contributed by atoms with Crippen LogP contribution >= 0.6 is 0 Å². The van der Waals surface area contributed by atoms with Crippen molar-refractivity contribution in [2.75, 3.05) is 18.9 Å². The average Bonchev–Trinajstić information content (AvgIpc) is 2.65. The number of anilines is 2. The maximum atomic E-state index is 12.7. The van der Waals surface area contributed by atoms with E-state index in [9.17, 15) is 4.79 Å². The van der Waals surface area contributed by atoms with Crippen LogP contribution < -0.4 is 5.32 Å². The van der Waals surface area contributed by atoms with E-state index in [4.69, 9.17) is 0 Å². The lowest BCUT2D eigenvalue weighted by molar-refractivity contribution is 0.0791. The number of aromatic nitrogens is 3. The van der Waals surface area contributed by atoms with Gasteiger partial charge in [-0.2, -0.15) is 0 Å². The molecule has 0 bridgehead atoms. The second-order valence-corrected chi connectivity index (χ2v) is 6.60. The Morgan fingerprint density at radius 1 is 1.04 bits per heavy atom. The van der Waals surface area contributed by atoms with Gasteiger partial charge in [0.15, 0.2) is 0 Å². The van der Waals surface area contributed by atoms with Crippen LogP contribution in [-0.4, -0.2) is 39.4 Å². The van der Waals surface area contributed by atoms with E-state index in [1.165, 1.54) is 0 Å². The van der Waals surface area contributed by atoms with E-state index in [1.807, 2.05) is 38.1 Å². The number of hydrogen-bond donors (Lipinski definition) is 1. The van der Waals surface area contributed by atoms with Gasteiger partial charge in [-0.3, -0.25) is 9.78 Å². The highest BCUT2D eigenvalue weighted by Crippen LogP contribution is 2.17. The third kappa shape index (κ3) is 5.10. The minimum atomic E-state index is -0.130. The van der Waals surface area contributed by atoms with Gasteiger partial charge in [-0.15, -0.1) is 0 Å². The quantitative estimate of drug-likeness (QED) is 0.727. The number of rotatable bonds is 6. The number of hydrogen-bond acceptors (Lipinski definition) is 5. The van der Waals surface area contributed by atoms with Crippen LogP contribution in [0.1, 0.15) is 27.2 Å². The lowest BCUT2D eigenvalue weighted by Gasteiger charge is -2.17. The van der Waals surface area contributed by atoms with Gasteiger partial charge < -0.3 is 10.2 Å². The Kier molecular flexibility index (Phi) is 5.76. The maximum Gasteiger partial charge on any atom is 0.272 e. The van der Waals surface area contributed by atoms with Gasteiger partial charge >= 0.3 is 0 Å². The summed E-state index contributed by atoms with van der Waals surface area (Å²) in [4.78, 5) is 27.0. The van der Waals surface area contributed by atoms with Crippen molar-refractivity contribution in [3.63, 3.8) is 0 Å². The summed E-state index contributed by atoms with van der Waals surface area (Å²) in [5.74, 6) is 0.281. The van der Waals surface area contributed by atoms with Crippen LogP contribution in [0.25, 0.3) is 0 Å². The number of carbonyl (C=O) groups excluding carboxylic acids is 1. The number of nitrogens with zero attached hydrogens (tertiary/aromatic N) is 4. The van der Waals surface area contributed by atoms with Crippen molar-refractivity contribution in [3.8, 4) is 0 Å². The van der Waals surface area contributed by atoms with Crippen LogP contribution in [0, 0.1) is 13.8 Å². The van der Waals surface area contributed by atoms with Crippen LogP contribution in [0.3, 0.4) is 0 Å². The first-order valence-corrected chi connectivity index (χ1v) is 8.84. The molecule has 138 valence electrons. The normalized spacial score (nSPS) is 10.5. The largest absolute Gasteiger partial charge is 0.340 e. The second-order valence-electron chi connectivity index (χ2n) is 6.60. The van der Waals surface area contributed by atoms with Gasteiger partial charge in [0.05, 0.1) is 0 Å². The Hall–Kier alpha value is -3.28. The highest BCUT2D eigenvalue weighted by atomic mass is 16.2. The maximum absolute atomic E-state index is 12.7. The van der Waals surface area contributed by atoms with Crippen LogP contribution in [0.4, 0.5) is 11.6 Å². The van der Waals surface area contributed by atoms with E-state index >= 15 is 0 Å². The van der Waals surface area contributed by atoms with Crippen LogP contribution in [0.15, 0.2) is 55.0 Å². The molecule has 1 N–H and O–H groups in total. The molecular formula is C21H23N5O. The van der Waals surface area contributed by atoms with Gasteiger partial charge in [0.25, 0.3) is 5.91 Å². The van der Waals surface area contributed by atoms with Gasteiger partial charge in [-0.05, 0) is 67.3 Å². The molecule has 2 aromatic heterocycles. The van der Waals surface area contributed by atoms with E-state index in [-0.39, 0.29) is 5.91 Å². The summed E-state index contributed by atoms with van der Waals surface area (Å²) >= 11 is 0. The molecule has 3 rings (SSSR count). The zero-order valence-corrected chi connectivity index (χ0v) is 15.8. The molecule has 0 aliphatic rings. The van der Waals surface area contributed by atoms with Gasteiger partial charge in [0.1, 0.15) is 5.69 Å². The van der Waals surface area contributed by atoms with Crippen molar-refractivity contribution < 1.29 is 4.79 Å². The number of nitrogens with one attached hydrogen (secondary N) is 1. The fraction of sp³-hybridized carbons (Fsp3) is 0.238. The van der Waals surface area contributed by atoms with Crippen molar-refractivity contribution in [3.05, 3.63) is 77.4 Å². The molecule has 1 aromatic carbocycles. The Balaban J connectivity index is 1.67. The lowest BCUT2D eigenvalue weighted by Crippen LogP contribution is -2.29. The molecule has 6 heteroatoms. The van der Waals surface area contributed by atoms with E-state index in [1.54, 1.807) is 36.6 Å². The Bertz CT molecular complexity index is 907. The molecule has 0 aliphatic heterocycles. The summed E-state index contributed by atoms with van der Waals surface area (Å²) < 4.78 is 0. The summed E-state index contributed by atoms with van der Waals surface area (Å²) in [6.45, 7) is 4.68. The molecule has 0 unspecified atom stereocenters. The summed E-state index contributed by atoms with van der Waals surface area (Å²) in [5.41, 5.74) is 4.72. The van der Waals surface area contributed by atoms with Gasteiger partial charge in [-0.25, -0.2) is 9.97 Å². The van der Waals surface area contributed by atoms with E-state index in [0.29, 0.717) is 18.2 Å². The fourth-order valence-electron chi connectivity index (χ4n) is 2.86.